The molecule has 0 saturated heterocycles. The van der Waals surface area contributed by atoms with E-state index >= 15 is 0 Å². The molecule has 0 heterocycles. The molecule has 0 saturated carbocycles. The van der Waals surface area contributed by atoms with E-state index in [1.165, 1.54) is 6.07 Å². The summed E-state index contributed by atoms with van der Waals surface area (Å²) in [4.78, 5) is 40.7. The van der Waals surface area contributed by atoms with Gasteiger partial charge in [-0.1, -0.05) is 58.0 Å². The number of phenolic OH excluding ortho intramolecular Hbond substituents is 1. The lowest BCUT2D eigenvalue weighted by Gasteiger charge is -2.59. The second-order valence-corrected chi connectivity index (χ2v) is 14.7. The molecule has 0 amide bonds. The topological polar surface area (TPSA) is 132 Å². The number of Topliss-reactive ketones (excluding diaryl/α,β-unsaturated/α-hetero) is 3. The number of allylic oxidation sites excluding steroid dienone is 2. The molecular weight excluding hydrogens is 575 g/mol. The van der Waals surface area contributed by atoms with Crippen molar-refractivity contribution < 1.29 is 39.2 Å². The average Bonchev–Trinajstić information content (AvgIpc) is 2.90. The molecule has 0 aliphatic heterocycles. The third-order valence-electron chi connectivity index (χ3n) is 10.4. The molecule has 240 valence electrons. The molecule has 7 nitrogen and oxygen atoms in total. The van der Waals surface area contributed by atoms with Crippen molar-refractivity contribution in [3.63, 3.8) is 0 Å². The number of carbonyl (C=O) groups is 3. The Morgan fingerprint density at radius 2 is 1.67 bits per heavy atom. The summed E-state index contributed by atoms with van der Waals surface area (Å²) in [5.74, 6) is -5.34. The number of fused-ring (bicyclic) bond motifs is 3. The SMILES string of the molecule is CC(=O)C1=C(O)C(C(C)C)[C@@]2(C)C[C@@]3(C)Cc4c(-c5ccc(CCCC(C)(C)F)cc5)ccc(O)c4C(=O)C3=C(O)[C@@]2(O)C1=O. The van der Waals surface area contributed by atoms with Gasteiger partial charge in [0.15, 0.2) is 17.2 Å². The number of alkyl halides is 1. The van der Waals surface area contributed by atoms with Crippen LogP contribution >= 0.6 is 0 Å². The zero-order valence-corrected chi connectivity index (χ0v) is 27.0. The van der Waals surface area contributed by atoms with Crippen LogP contribution in [0.5, 0.6) is 5.75 Å². The van der Waals surface area contributed by atoms with E-state index in [0.717, 1.165) is 30.0 Å². The number of hydrogen-bond donors (Lipinski definition) is 4. The van der Waals surface area contributed by atoms with Gasteiger partial charge < -0.3 is 20.4 Å². The van der Waals surface area contributed by atoms with Gasteiger partial charge in [-0.05, 0) is 87.1 Å². The van der Waals surface area contributed by atoms with E-state index in [1.54, 1.807) is 47.6 Å². The average molecular weight is 619 g/mol. The number of aliphatic hydroxyl groups is 3. The smallest absolute Gasteiger partial charge is 0.209 e. The van der Waals surface area contributed by atoms with Crippen LogP contribution in [-0.4, -0.2) is 49.0 Å². The second-order valence-electron chi connectivity index (χ2n) is 14.7. The predicted molar refractivity (Wildman–Crippen MR) is 169 cm³/mol. The molecule has 0 aromatic heterocycles. The fourth-order valence-corrected chi connectivity index (χ4v) is 8.57. The van der Waals surface area contributed by atoms with Gasteiger partial charge in [0.05, 0.1) is 5.56 Å². The quantitative estimate of drug-likeness (QED) is 0.244. The number of benzene rings is 2. The lowest BCUT2D eigenvalue weighted by molar-refractivity contribution is -0.171. The molecule has 8 heteroatoms. The molecule has 0 fully saturated rings. The first-order valence-corrected chi connectivity index (χ1v) is 15.6. The van der Waals surface area contributed by atoms with E-state index in [2.05, 4.69) is 0 Å². The number of hydrogen-bond acceptors (Lipinski definition) is 7. The van der Waals surface area contributed by atoms with Gasteiger partial charge in [-0.25, -0.2) is 4.39 Å². The van der Waals surface area contributed by atoms with Gasteiger partial charge in [0.1, 0.15) is 28.5 Å². The van der Waals surface area contributed by atoms with Gasteiger partial charge in [-0.15, -0.1) is 0 Å². The Morgan fingerprint density at radius 1 is 1.04 bits per heavy atom. The van der Waals surface area contributed by atoms with Crippen LogP contribution in [0, 0.1) is 22.7 Å². The van der Waals surface area contributed by atoms with Gasteiger partial charge in [-0.3, -0.25) is 14.4 Å². The monoisotopic (exact) mass is 618 g/mol. The predicted octanol–water partition coefficient (Wildman–Crippen LogP) is 7.08. The zero-order valence-electron chi connectivity index (χ0n) is 27.0. The largest absolute Gasteiger partial charge is 0.511 e. The Bertz CT molecular complexity index is 1680. The number of aryl methyl sites for hydroxylation is 1. The van der Waals surface area contributed by atoms with Crippen LogP contribution in [-0.2, 0) is 22.4 Å². The highest BCUT2D eigenvalue weighted by atomic mass is 19.1. The van der Waals surface area contributed by atoms with E-state index in [0.29, 0.717) is 18.4 Å². The summed E-state index contributed by atoms with van der Waals surface area (Å²) >= 11 is 0. The molecular formula is C37H43FO7. The fourth-order valence-electron chi connectivity index (χ4n) is 8.57. The molecule has 3 aliphatic rings. The molecule has 5 rings (SSSR count). The first-order valence-electron chi connectivity index (χ1n) is 15.6. The maximum absolute atomic E-state index is 14.3. The summed E-state index contributed by atoms with van der Waals surface area (Å²) in [5, 5.41) is 46.3. The van der Waals surface area contributed by atoms with Crippen molar-refractivity contribution in [2.24, 2.45) is 22.7 Å². The molecule has 45 heavy (non-hydrogen) atoms. The van der Waals surface area contributed by atoms with Crippen LogP contribution in [0.15, 0.2) is 59.1 Å². The zero-order chi connectivity index (χ0) is 33.4. The number of rotatable bonds is 7. The molecule has 3 aliphatic carbocycles. The molecule has 0 bridgehead atoms. The van der Waals surface area contributed by atoms with Gasteiger partial charge in [0, 0.05) is 22.3 Å². The second kappa shape index (κ2) is 10.6. The molecule has 0 spiro atoms. The maximum Gasteiger partial charge on any atom is 0.209 e. The van der Waals surface area contributed by atoms with Crippen LogP contribution < -0.4 is 0 Å². The highest BCUT2D eigenvalue weighted by Gasteiger charge is 2.71. The summed E-state index contributed by atoms with van der Waals surface area (Å²) in [6.07, 6.45) is 2.09. The summed E-state index contributed by atoms with van der Waals surface area (Å²) < 4.78 is 13.9. The van der Waals surface area contributed by atoms with Crippen molar-refractivity contribution >= 4 is 17.3 Å². The van der Waals surface area contributed by atoms with Crippen LogP contribution in [0.2, 0.25) is 0 Å². The van der Waals surface area contributed by atoms with E-state index in [4.69, 9.17) is 0 Å². The van der Waals surface area contributed by atoms with E-state index in [-0.39, 0.29) is 35.6 Å². The Hall–Kier alpha value is -3.78. The summed E-state index contributed by atoms with van der Waals surface area (Å²) in [6, 6.07) is 11.0. The van der Waals surface area contributed by atoms with E-state index < -0.39 is 62.5 Å². The minimum absolute atomic E-state index is 0.0122. The number of halogens is 1. The highest BCUT2D eigenvalue weighted by Crippen LogP contribution is 2.65. The molecule has 1 unspecified atom stereocenters. The van der Waals surface area contributed by atoms with E-state index in [1.807, 2.05) is 24.3 Å². The van der Waals surface area contributed by atoms with Gasteiger partial charge in [0.25, 0.3) is 0 Å². The molecule has 4 atom stereocenters. The van der Waals surface area contributed by atoms with Gasteiger partial charge >= 0.3 is 0 Å². The van der Waals surface area contributed by atoms with Crippen molar-refractivity contribution in [1.82, 2.24) is 0 Å². The fraction of sp³-hybridized carbons (Fsp3) is 0.486. The van der Waals surface area contributed by atoms with Crippen molar-refractivity contribution in [2.75, 3.05) is 0 Å². The summed E-state index contributed by atoms with van der Waals surface area (Å²) in [6.45, 7) is 11.3. The summed E-state index contributed by atoms with van der Waals surface area (Å²) in [5.41, 5.74) is -4.05. The van der Waals surface area contributed by atoms with Crippen molar-refractivity contribution in [1.29, 1.82) is 0 Å². The van der Waals surface area contributed by atoms with E-state index in [9.17, 15) is 39.2 Å². The first-order chi connectivity index (χ1) is 20.8. The van der Waals surface area contributed by atoms with Gasteiger partial charge in [0.2, 0.25) is 5.78 Å². The molecule has 4 N–H and O–H groups in total. The lowest BCUT2D eigenvalue weighted by Crippen LogP contribution is -2.67. The first kappa shape index (κ1) is 32.6. The van der Waals surface area contributed by atoms with Crippen LogP contribution in [0.4, 0.5) is 4.39 Å². The lowest BCUT2D eigenvalue weighted by atomic mass is 9.44. The molecule has 2 aromatic rings. The minimum Gasteiger partial charge on any atom is -0.511 e. The number of carbonyl (C=O) groups excluding carboxylic acids is 3. The Kier molecular flexibility index (Phi) is 7.72. The number of phenols is 1. The molecule has 0 radical (unpaired) electrons. The Balaban J connectivity index is 1.64. The number of aromatic hydroxyl groups is 1. The maximum atomic E-state index is 14.3. The Morgan fingerprint density at radius 3 is 2.22 bits per heavy atom. The van der Waals surface area contributed by atoms with Gasteiger partial charge in [-0.2, -0.15) is 0 Å². The van der Waals surface area contributed by atoms with Crippen molar-refractivity contribution in [2.45, 2.75) is 91.8 Å². The highest BCUT2D eigenvalue weighted by molar-refractivity contribution is 6.25. The van der Waals surface area contributed by atoms with Crippen molar-refractivity contribution in [3.8, 4) is 16.9 Å². The minimum atomic E-state index is -2.64. The third-order valence-corrected chi connectivity index (χ3v) is 10.4. The standard InChI is InChI=1S/C37H43FO7/c1-19(2)28-30(41)26(20(3)39)32(43)37(45)33(44)29-31(42)27-24(17-35(29,6)18-36(28,37)7)23(14-15-25(27)40)22-12-10-21(11-13-22)9-8-16-34(4,5)38/h10-15,19,28,40-41,44-45H,8-9,16-18H2,1-7H3/t28?,35-,36-,37+/m1/s1. The van der Waals surface area contributed by atoms with Crippen LogP contribution in [0.1, 0.15) is 89.2 Å². The Labute approximate surface area is 263 Å². The number of ketones is 3. The third kappa shape index (κ3) is 4.84. The van der Waals surface area contributed by atoms with Crippen molar-refractivity contribution in [3.05, 3.63) is 75.8 Å². The molecule has 2 aromatic carbocycles. The number of aliphatic hydroxyl groups excluding tert-OH is 2. The van der Waals surface area contributed by atoms with Crippen LogP contribution in [0.3, 0.4) is 0 Å². The summed E-state index contributed by atoms with van der Waals surface area (Å²) in [7, 11) is 0. The van der Waals surface area contributed by atoms with Crippen LogP contribution in [0.25, 0.3) is 11.1 Å². The normalized spacial score (nSPS) is 28.3.